The maximum Gasteiger partial charge on any atom is 0.190 e. The van der Waals surface area contributed by atoms with Crippen LogP contribution in [0, 0.1) is 25.2 Å². The molecule has 1 N–H and O–H groups in total. The lowest BCUT2D eigenvalue weighted by atomic mass is 9.85. The summed E-state index contributed by atoms with van der Waals surface area (Å²) in [6, 6.07) is 13.5. The Morgan fingerprint density at radius 3 is 2.41 bits per heavy atom. The lowest BCUT2D eigenvalue weighted by molar-refractivity contribution is 0.590. The van der Waals surface area contributed by atoms with Gasteiger partial charge in [0.1, 0.15) is 11.8 Å². The molecular weight excluding hydrogens is 334 g/mol. The van der Waals surface area contributed by atoms with E-state index in [1.807, 2.05) is 6.92 Å². The van der Waals surface area contributed by atoms with E-state index in [4.69, 9.17) is 0 Å². The maximum atomic E-state index is 12.9. The van der Waals surface area contributed by atoms with E-state index in [0.717, 1.165) is 22.5 Å². The molecule has 2 heterocycles. The number of pyridine rings is 2. The topological polar surface area (TPSA) is 69.5 Å². The van der Waals surface area contributed by atoms with Gasteiger partial charge in [-0.05, 0) is 42.5 Å². The molecule has 27 heavy (non-hydrogen) atoms. The Bertz CT molecular complexity index is 1110. The third-order valence-electron chi connectivity index (χ3n) is 4.78. The van der Waals surface area contributed by atoms with Gasteiger partial charge in [-0.15, -0.1) is 0 Å². The van der Waals surface area contributed by atoms with Crippen molar-refractivity contribution in [1.29, 1.82) is 5.26 Å². The molecule has 4 nitrogen and oxygen atoms in total. The van der Waals surface area contributed by atoms with E-state index < -0.39 is 0 Å². The number of aromatic nitrogens is 2. The van der Waals surface area contributed by atoms with Crippen LogP contribution >= 0.6 is 0 Å². The van der Waals surface area contributed by atoms with Crippen LogP contribution in [0.5, 0.6) is 0 Å². The standard InChI is InChI=1S/C23H23N3O/c1-14-11-16(23(3,4)5)8-9-17(14)19-12-21(27)22(15(2)26-19)18-7-6-10-25-20(18)13-24/h6-12H,1-5H3,(H,26,27). The highest BCUT2D eigenvalue weighted by atomic mass is 16.1. The zero-order valence-corrected chi connectivity index (χ0v) is 16.3. The van der Waals surface area contributed by atoms with Gasteiger partial charge < -0.3 is 4.98 Å². The van der Waals surface area contributed by atoms with Crippen molar-refractivity contribution in [2.24, 2.45) is 0 Å². The monoisotopic (exact) mass is 357 g/mol. The average molecular weight is 357 g/mol. The highest BCUT2D eigenvalue weighted by Crippen LogP contribution is 2.29. The number of hydrogen-bond donors (Lipinski definition) is 1. The lowest BCUT2D eigenvalue weighted by Gasteiger charge is -2.21. The Balaban J connectivity index is 2.14. The van der Waals surface area contributed by atoms with Gasteiger partial charge in [-0.25, -0.2) is 4.98 Å². The molecule has 0 radical (unpaired) electrons. The summed E-state index contributed by atoms with van der Waals surface area (Å²) in [6.45, 7) is 10.5. The van der Waals surface area contributed by atoms with E-state index in [9.17, 15) is 10.1 Å². The van der Waals surface area contributed by atoms with Gasteiger partial charge in [0.25, 0.3) is 0 Å². The van der Waals surface area contributed by atoms with Crippen molar-refractivity contribution < 1.29 is 0 Å². The van der Waals surface area contributed by atoms with Crippen molar-refractivity contribution in [2.45, 2.75) is 40.0 Å². The zero-order chi connectivity index (χ0) is 19.8. The molecule has 2 aromatic heterocycles. The van der Waals surface area contributed by atoms with Crippen LogP contribution in [0.3, 0.4) is 0 Å². The first-order chi connectivity index (χ1) is 12.7. The number of benzene rings is 1. The van der Waals surface area contributed by atoms with Crippen molar-refractivity contribution in [1.82, 2.24) is 9.97 Å². The minimum atomic E-state index is -0.120. The van der Waals surface area contributed by atoms with Crippen LogP contribution < -0.4 is 5.43 Å². The molecule has 0 bridgehead atoms. The number of rotatable bonds is 2. The Kier molecular flexibility index (Phi) is 4.72. The Morgan fingerprint density at radius 2 is 1.81 bits per heavy atom. The second-order valence-electron chi connectivity index (χ2n) is 7.84. The van der Waals surface area contributed by atoms with E-state index in [1.165, 1.54) is 5.56 Å². The SMILES string of the molecule is Cc1cc(C(C)(C)C)ccc1-c1cc(=O)c(-c2cccnc2C#N)c(C)[nH]1. The van der Waals surface area contributed by atoms with Gasteiger partial charge in [0.2, 0.25) is 0 Å². The summed E-state index contributed by atoms with van der Waals surface area (Å²) in [7, 11) is 0. The molecule has 136 valence electrons. The van der Waals surface area contributed by atoms with Crippen LogP contribution in [0.15, 0.2) is 47.4 Å². The number of nitriles is 1. The van der Waals surface area contributed by atoms with Gasteiger partial charge in [-0.2, -0.15) is 5.26 Å². The van der Waals surface area contributed by atoms with Gasteiger partial charge in [0.05, 0.1) is 5.56 Å². The summed E-state index contributed by atoms with van der Waals surface area (Å²) in [5.41, 5.74) is 6.14. The number of hydrogen-bond acceptors (Lipinski definition) is 3. The molecule has 0 aliphatic rings. The summed E-state index contributed by atoms with van der Waals surface area (Å²) in [5.74, 6) is 0. The third-order valence-corrected chi connectivity index (χ3v) is 4.78. The predicted molar refractivity (Wildman–Crippen MR) is 109 cm³/mol. The molecule has 0 fully saturated rings. The number of aryl methyl sites for hydroxylation is 2. The lowest BCUT2D eigenvalue weighted by Crippen LogP contribution is -2.12. The van der Waals surface area contributed by atoms with Gasteiger partial charge in [0, 0.05) is 34.8 Å². The molecule has 0 atom stereocenters. The van der Waals surface area contributed by atoms with E-state index in [2.05, 4.69) is 61.9 Å². The third kappa shape index (κ3) is 3.54. The first kappa shape index (κ1) is 18.6. The smallest absolute Gasteiger partial charge is 0.190 e. The van der Waals surface area contributed by atoms with E-state index >= 15 is 0 Å². The number of H-pyrrole nitrogens is 1. The van der Waals surface area contributed by atoms with E-state index in [-0.39, 0.29) is 16.5 Å². The Morgan fingerprint density at radius 1 is 1.07 bits per heavy atom. The highest BCUT2D eigenvalue weighted by molar-refractivity contribution is 5.73. The molecule has 0 aliphatic carbocycles. The van der Waals surface area contributed by atoms with Gasteiger partial charge in [-0.1, -0.05) is 39.0 Å². The van der Waals surface area contributed by atoms with Crippen LogP contribution in [0.2, 0.25) is 0 Å². The molecule has 0 aliphatic heterocycles. The van der Waals surface area contributed by atoms with Crippen molar-refractivity contribution in [3.05, 3.63) is 75.3 Å². The maximum absolute atomic E-state index is 12.9. The zero-order valence-electron chi connectivity index (χ0n) is 16.3. The minimum absolute atomic E-state index is 0.0739. The van der Waals surface area contributed by atoms with Crippen molar-refractivity contribution in [2.75, 3.05) is 0 Å². The average Bonchev–Trinajstić information content (AvgIpc) is 2.60. The largest absolute Gasteiger partial charge is 0.358 e. The summed E-state index contributed by atoms with van der Waals surface area (Å²) in [4.78, 5) is 20.3. The Labute approximate surface area is 159 Å². The summed E-state index contributed by atoms with van der Waals surface area (Å²) in [6.07, 6.45) is 1.56. The molecular formula is C23H23N3O. The fraction of sp³-hybridized carbons (Fsp3) is 0.261. The van der Waals surface area contributed by atoms with Crippen molar-refractivity contribution >= 4 is 0 Å². The van der Waals surface area contributed by atoms with Crippen LogP contribution in [0.25, 0.3) is 22.4 Å². The quantitative estimate of drug-likeness (QED) is 0.710. The molecule has 0 saturated heterocycles. The molecule has 0 saturated carbocycles. The van der Waals surface area contributed by atoms with Crippen LogP contribution in [0.4, 0.5) is 0 Å². The molecule has 0 unspecified atom stereocenters. The second-order valence-corrected chi connectivity index (χ2v) is 7.84. The molecule has 3 aromatic rings. The van der Waals surface area contributed by atoms with Gasteiger partial charge in [0.15, 0.2) is 5.43 Å². The minimum Gasteiger partial charge on any atom is -0.358 e. The van der Waals surface area contributed by atoms with Gasteiger partial charge >= 0.3 is 0 Å². The normalized spacial score (nSPS) is 11.3. The first-order valence-electron chi connectivity index (χ1n) is 8.93. The first-order valence-corrected chi connectivity index (χ1v) is 8.93. The van der Waals surface area contributed by atoms with Gasteiger partial charge in [-0.3, -0.25) is 4.79 Å². The molecule has 3 rings (SSSR count). The summed E-state index contributed by atoms with van der Waals surface area (Å²) >= 11 is 0. The molecule has 4 heteroatoms. The van der Waals surface area contributed by atoms with Crippen LogP contribution in [-0.4, -0.2) is 9.97 Å². The van der Waals surface area contributed by atoms with Crippen LogP contribution in [0.1, 0.15) is 43.3 Å². The number of aromatic amines is 1. The van der Waals surface area contributed by atoms with E-state index in [0.29, 0.717) is 11.1 Å². The van der Waals surface area contributed by atoms with Crippen LogP contribution in [-0.2, 0) is 5.41 Å². The summed E-state index contributed by atoms with van der Waals surface area (Å²) < 4.78 is 0. The predicted octanol–water partition coefficient (Wildman–Crippen LogP) is 4.89. The summed E-state index contributed by atoms with van der Waals surface area (Å²) in [5, 5.41) is 9.30. The van der Waals surface area contributed by atoms with E-state index in [1.54, 1.807) is 24.4 Å². The molecule has 0 amide bonds. The fourth-order valence-electron chi connectivity index (χ4n) is 3.30. The number of nitrogens with one attached hydrogen (secondary N) is 1. The highest BCUT2D eigenvalue weighted by Gasteiger charge is 2.17. The number of nitrogens with zero attached hydrogens (tertiary/aromatic N) is 2. The fourth-order valence-corrected chi connectivity index (χ4v) is 3.30. The Hall–Kier alpha value is -3.19. The van der Waals surface area contributed by atoms with Crippen molar-refractivity contribution in [3.63, 3.8) is 0 Å². The van der Waals surface area contributed by atoms with Crippen molar-refractivity contribution in [3.8, 4) is 28.5 Å². The molecule has 0 spiro atoms. The molecule has 1 aromatic carbocycles. The second kappa shape index (κ2) is 6.85.